The summed E-state index contributed by atoms with van der Waals surface area (Å²) in [7, 11) is 1.38. The summed E-state index contributed by atoms with van der Waals surface area (Å²) in [6, 6.07) is 1.76. The highest BCUT2D eigenvalue weighted by Gasteiger charge is 2.28. The quantitative estimate of drug-likeness (QED) is 0.821. The molecule has 19 heavy (non-hydrogen) atoms. The standard InChI is InChI=1S/C13H19N3O3/c1-19-13(18)9-11-4-2-3-7-16(11)12(17)8-10-5-6-14-15-10/h5-6,11H,2-4,7-9H2,1H3,(H,14,15). The molecule has 0 bridgehead atoms. The van der Waals surface area contributed by atoms with E-state index < -0.39 is 0 Å². The van der Waals surface area contributed by atoms with Gasteiger partial charge in [-0.25, -0.2) is 0 Å². The number of methoxy groups -OCH3 is 1. The number of carbonyl (C=O) groups is 2. The van der Waals surface area contributed by atoms with E-state index in [1.165, 1.54) is 7.11 Å². The van der Waals surface area contributed by atoms with Crippen LogP contribution in [0.15, 0.2) is 12.3 Å². The van der Waals surface area contributed by atoms with Crippen molar-refractivity contribution in [2.24, 2.45) is 0 Å². The van der Waals surface area contributed by atoms with E-state index in [2.05, 4.69) is 10.2 Å². The molecule has 1 aromatic rings. The second-order valence-electron chi connectivity index (χ2n) is 4.78. The number of nitrogens with zero attached hydrogens (tertiary/aromatic N) is 2. The summed E-state index contributed by atoms with van der Waals surface area (Å²) in [5.74, 6) is -0.218. The Balaban J connectivity index is 1.98. The number of aromatic amines is 1. The van der Waals surface area contributed by atoms with Gasteiger partial charge in [0.25, 0.3) is 0 Å². The maximum atomic E-state index is 12.3. The Morgan fingerprint density at radius 1 is 1.53 bits per heavy atom. The van der Waals surface area contributed by atoms with Gasteiger partial charge in [-0.05, 0) is 25.3 Å². The third-order valence-electron chi connectivity index (χ3n) is 3.48. The van der Waals surface area contributed by atoms with E-state index >= 15 is 0 Å². The van der Waals surface area contributed by atoms with Gasteiger partial charge in [0, 0.05) is 24.5 Å². The molecule has 2 rings (SSSR count). The molecular weight excluding hydrogens is 246 g/mol. The molecule has 1 aliphatic heterocycles. The third kappa shape index (κ3) is 3.56. The first-order chi connectivity index (χ1) is 9.20. The van der Waals surface area contributed by atoms with Crippen LogP contribution in [0.3, 0.4) is 0 Å². The minimum Gasteiger partial charge on any atom is -0.469 e. The highest BCUT2D eigenvalue weighted by Crippen LogP contribution is 2.21. The molecule has 2 heterocycles. The van der Waals surface area contributed by atoms with Gasteiger partial charge < -0.3 is 9.64 Å². The maximum Gasteiger partial charge on any atom is 0.307 e. The Bertz CT molecular complexity index is 430. The summed E-state index contributed by atoms with van der Waals surface area (Å²) in [5, 5.41) is 6.62. The lowest BCUT2D eigenvalue weighted by Crippen LogP contribution is -2.45. The monoisotopic (exact) mass is 265 g/mol. The van der Waals surface area contributed by atoms with Crippen LogP contribution in [0.25, 0.3) is 0 Å². The maximum absolute atomic E-state index is 12.3. The van der Waals surface area contributed by atoms with Crippen molar-refractivity contribution >= 4 is 11.9 Å². The van der Waals surface area contributed by atoms with Crippen molar-refractivity contribution in [3.05, 3.63) is 18.0 Å². The first-order valence-electron chi connectivity index (χ1n) is 6.55. The molecule has 1 atom stereocenters. The van der Waals surface area contributed by atoms with Gasteiger partial charge in [-0.3, -0.25) is 14.7 Å². The van der Waals surface area contributed by atoms with Gasteiger partial charge >= 0.3 is 5.97 Å². The molecule has 1 aliphatic rings. The molecule has 1 saturated heterocycles. The van der Waals surface area contributed by atoms with Crippen LogP contribution in [0.5, 0.6) is 0 Å². The molecular formula is C13H19N3O3. The van der Waals surface area contributed by atoms with Crippen molar-refractivity contribution in [1.29, 1.82) is 0 Å². The Labute approximate surface area is 112 Å². The van der Waals surface area contributed by atoms with Crippen molar-refractivity contribution in [3.8, 4) is 0 Å². The number of H-pyrrole nitrogens is 1. The lowest BCUT2D eigenvalue weighted by Gasteiger charge is -2.35. The highest BCUT2D eigenvalue weighted by atomic mass is 16.5. The second kappa shape index (κ2) is 6.36. The van der Waals surface area contributed by atoms with E-state index in [0.29, 0.717) is 13.0 Å². The number of rotatable bonds is 4. The van der Waals surface area contributed by atoms with Crippen LogP contribution in [-0.2, 0) is 20.7 Å². The predicted octanol–water partition coefficient (Wildman–Crippen LogP) is 0.896. The average molecular weight is 265 g/mol. The van der Waals surface area contributed by atoms with Gasteiger partial charge in [0.15, 0.2) is 0 Å². The number of amides is 1. The van der Waals surface area contributed by atoms with Crippen LogP contribution >= 0.6 is 0 Å². The van der Waals surface area contributed by atoms with Crippen LogP contribution < -0.4 is 0 Å². The Morgan fingerprint density at radius 3 is 3.05 bits per heavy atom. The minimum absolute atomic E-state index is 0.0309. The first-order valence-corrected chi connectivity index (χ1v) is 6.55. The van der Waals surface area contributed by atoms with Crippen LogP contribution in [0.1, 0.15) is 31.4 Å². The van der Waals surface area contributed by atoms with Crippen molar-refractivity contribution in [1.82, 2.24) is 15.1 Å². The molecule has 1 aromatic heterocycles. The summed E-state index contributed by atoms with van der Waals surface area (Å²) in [6.45, 7) is 0.717. The number of esters is 1. The number of hydrogen-bond acceptors (Lipinski definition) is 4. The summed E-state index contributed by atoms with van der Waals surface area (Å²) < 4.78 is 4.69. The zero-order valence-electron chi connectivity index (χ0n) is 11.1. The molecule has 1 N–H and O–H groups in total. The minimum atomic E-state index is -0.258. The van der Waals surface area contributed by atoms with Gasteiger partial charge in [-0.1, -0.05) is 0 Å². The highest BCUT2D eigenvalue weighted by molar-refractivity contribution is 5.79. The van der Waals surface area contributed by atoms with Gasteiger partial charge in [-0.2, -0.15) is 5.10 Å². The van der Waals surface area contributed by atoms with Crippen LogP contribution in [-0.4, -0.2) is 46.7 Å². The number of piperidine rings is 1. The zero-order chi connectivity index (χ0) is 13.7. The fraction of sp³-hybridized carbons (Fsp3) is 0.615. The number of hydrogen-bond donors (Lipinski definition) is 1. The Hall–Kier alpha value is -1.85. The van der Waals surface area contributed by atoms with Crippen LogP contribution in [0, 0.1) is 0 Å². The van der Waals surface area contributed by atoms with Crippen molar-refractivity contribution < 1.29 is 14.3 Å². The zero-order valence-corrected chi connectivity index (χ0v) is 11.1. The van der Waals surface area contributed by atoms with E-state index in [9.17, 15) is 9.59 Å². The molecule has 0 aliphatic carbocycles. The number of nitrogens with one attached hydrogen (secondary N) is 1. The van der Waals surface area contributed by atoms with Gasteiger partial charge in [-0.15, -0.1) is 0 Å². The number of likely N-dealkylation sites (tertiary alicyclic amines) is 1. The number of carbonyl (C=O) groups excluding carboxylic acids is 2. The molecule has 104 valence electrons. The van der Waals surface area contributed by atoms with Crippen molar-refractivity contribution in [2.45, 2.75) is 38.1 Å². The number of ether oxygens (including phenoxy) is 1. The first kappa shape index (κ1) is 13.6. The largest absolute Gasteiger partial charge is 0.469 e. The van der Waals surface area contributed by atoms with E-state index in [4.69, 9.17) is 4.74 Å². The van der Waals surface area contributed by atoms with Gasteiger partial charge in [0.05, 0.1) is 20.0 Å². The SMILES string of the molecule is COC(=O)CC1CCCCN1C(=O)Cc1ccn[nH]1. The van der Waals surface area contributed by atoms with Crippen LogP contribution in [0.2, 0.25) is 0 Å². The van der Waals surface area contributed by atoms with E-state index in [-0.39, 0.29) is 24.3 Å². The third-order valence-corrected chi connectivity index (χ3v) is 3.48. The van der Waals surface area contributed by atoms with Crippen molar-refractivity contribution in [3.63, 3.8) is 0 Å². The molecule has 1 unspecified atom stereocenters. The predicted molar refractivity (Wildman–Crippen MR) is 68.3 cm³/mol. The normalized spacial score (nSPS) is 19.2. The van der Waals surface area contributed by atoms with Gasteiger partial charge in [0.2, 0.25) is 5.91 Å². The fourth-order valence-corrected chi connectivity index (χ4v) is 2.46. The lowest BCUT2D eigenvalue weighted by atomic mass is 9.98. The number of aromatic nitrogens is 2. The molecule has 0 aromatic carbocycles. The molecule has 0 spiro atoms. The van der Waals surface area contributed by atoms with Gasteiger partial charge in [0.1, 0.15) is 0 Å². The Morgan fingerprint density at radius 2 is 2.37 bits per heavy atom. The van der Waals surface area contributed by atoms with Crippen LogP contribution in [0.4, 0.5) is 0 Å². The smallest absolute Gasteiger partial charge is 0.307 e. The summed E-state index contributed by atoms with van der Waals surface area (Å²) in [6.07, 6.45) is 5.12. The molecule has 6 heteroatoms. The lowest BCUT2D eigenvalue weighted by molar-refractivity contribution is -0.144. The summed E-state index contributed by atoms with van der Waals surface area (Å²) >= 11 is 0. The second-order valence-corrected chi connectivity index (χ2v) is 4.78. The summed E-state index contributed by atoms with van der Waals surface area (Å²) in [5.41, 5.74) is 0.799. The fourth-order valence-electron chi connectivity index (χ4n) is 2.46. The molecule has 0 saturated carbocycles. The summed E-state index contributed by atoms with van der Waals surface area (Å²) in [4.78, 5) is 25.5. The molecule has 0 radical (unpaired) electrons. The van der Waals surface area contributed by atoms with E-state index in [1.54, 1.807) is 17.2 Å². The Kier molecular flexibility index (Phi) is 4.54. The molecule has 6 nitrogen and oxygen atoms in total. The molecule has 1 amide bonds. The topological polar surface area (TPSA) is 75.3 Å². The molecule has 1 fully saturated rings. The van der Waals surface area contributed by atoms with E-state index in [0.717, 1.165) is 25.0 Å². The van der Waals surface area contributed by atoms with Crippen molar-refractivity contribution in [2.75, 3.05) is 13.7 Å². The average Bonchev–Trinajstić information content (AvgIpc) is 2.92. The van der Waals surface area contributed by atoms with E-state index in [1.807, 2.05) is 0 Å².